The van der Waals surface area contributed by atoms with E-state index >= 15 is 0 Å². The highest BCUT2D eigenvalue weighted by Crippen LogP contribution is 2.22. The zero-order valence-electron chi connectivity index (χ0n) is 10.4. The highest BCUT2D eigenvalue weighted by Gasteiger charge is 2.20. The molecule has 0 saturated heterocycles. The Labute approximate surface area is 107 Å². The van der Waals surface area contributed by atoms with Gasteiger partial charge in [0.2, 0.25) is 0 Å². The first-order valence-electron chi connectivity index (χ1n) is 5.48. The lowest BCUT2D eigenvalue weighted by Crippen LogP contribution is -2.11. The van der Waals surface area contributed by atoms with E-state index in [1.807, 2.05) is 0 Å². The Morgan fingerprint density at radius 1 is 1.39 bits per heavy atom. The number of hydrogen-bond donors (Lipinski definition) is 1. The molecule has 0 unspecified atom stereocenters. The third-order valence-corrected chi connectivity index (χ3v) is 4.66. The van der Waals surface area contributed by atoms with Crippen LogP contribution in [0.4, 0.5) is 0 Å². The number of benzene rings is 1. The fourth-order valence-electron chi connectivity index (χ4n) is 1.62. The van der Waals surface area contributed by atoms with Crippen molar-refractivity contribution in [2.75, 3.05) is 5.75 Å². The van der Waals surface area contributed by atoms with E-state index in [4.69, 9.17) is 5.11 Å². The SMILES string of the molecule is C=CCCS(=O)(=O)c1cc(C(=O)O)cc(C)c1C. The minimum atomic E-state index is -3.47. The average Bonchev–Trinajstić information content (AvgIpc) is 2.29. The topological polar surface area (TPSA) is 71.4 Å². The molecule has 0 aliphatic heterocycles. The van der Waals surface area contributed by atoms with Crippen LogP contribution in [0.1, 0.15) is 27.9 Å². The first kappa shape index (κ1) is 14.4. The third kappa shape index (κ3) is 2.98. The van der Waals surface area contributed by atoms with Crippen LogP contribution < -0.4 is 0 Å². The predicted molar refractivity (Wildman–Crippen MR) is 69.7 cm³/mol. The summed E-state index contributed by atoms with van der Waals surface area (Å²) in [5.41, 5.74) is 1.26. The van der Waals surface area contributed by atoms with Gasteiger partial charge in [0.25, 0.3) is 0 Å². The number of carbonyl (C=O) groups is 1. The number of allylic oxidation sites excluding steroid dienone is 1. The molecule has 1 aromatic carbocycles. The number of aromatic carboxylic acids is 1. The van der Waals surface area contributed by atoms with Gasteiger partial charge < -0.3 is 5.11 Å². The maximum absolute atomic E-state index is 12.1. The lowest BCUT2D eigenvalue weighted by atomic mass is 10.1. The third-order valence-electron chi connectivity index (χ3n) is 2.79. The van der Waals surface area contributed by atoms with Gasteiger partial charge in [-0.1, -0.05) is 6.08 Å². The number of rotatable bonds is 5. The molecule has 0 heterocycles. The molecular formula is C13H16O4S. The molecule has 0 atom stereocenters. The maximum atomic E-state index is 12.1. The van der Waals surface area contributed by atoms with Gasteiger partial charge in [-0.15, -0.1) is 6.58 Å². The molecular weight excluding hydrogens is 252 g/mol. The molecule has 1 aromatic rings. The smallest absolute Gasteiger partial charge is 0.335 e. The molecule has 0 bridgehead atoms. The van der Waals surface area contributed by atoms with Crippen LogP contribution in [0, 0.1) is 13.8 Å². The van der Waals surface area contributed by atoms with Crippen molar-refractivity contribution in [2.24, 2.45) is 0 Å². The van der Waals surface area contributed by atoms with E-state index in [1.165, 1.54) is 18.2 Å². The zero-order valence-corrected chi connectivity index (χ0v) is 11.3. The van der Waals surface area contributed by atoms with Crippen molar-refractivity contribution in [1.82, 2.24) is 0 Å². The fraction of sp³-hybridized carbons (Fsp3) is 0.308. The molecule has 18 heavy (non-hydrogen) atoms. The van der Waals surface area contributed by atoms with Gasteiger partial charge in [-0.2, -0.15) is 0 Å². The van der Waals surface area contributed by atoms with Gasteiger partial charge in [0.1, 0.15) is 0 Å². The van der Waals surface area contributed by atoms with E-state index in [-0.39, 0.29) is 16.2 Å². The second-order valence-corrected chi connectivity index (χ2v) is 6.20. The first-order valence-corrected chi connectivity index (χ1v) is 7.13. The predicted octanol–water partition coefficient (Wildman–Crippen LogP) is 2.35. The van der Waals surface area contributed by atoms with Gasteiger partial charge in [-0.05, 0) is 43.5 Å². The zero-order chi connectivity index (χ0) is 13.9. The standard InChI is InChI=1S/C13H16O4S/c1-4-5-6-18(16,17)12-8-11(13(14)15)7-9(2)10(12)3/h4,7-8H,1,5-6H2,2-3H3,(H,14,15). The average molecular weight is 268 g/mol. The highest BCUT2D eigenvalue weighted by atomic mass is 32.2. The molecule has 0 saturated carbocycles. The summed E-state index contributed by atoms with van der Waals surface area (Å²) in [6, 6.07) is 2.70. The van der Waals surface area contributed by atoms with Crippen LogP contribution in [0.15, 0.2) is 29.7 Å². The molecule has 4 nitrogen and oxygen atoms in total. The lowest BCUT2D eigenvalue weighted by Gasteiger charge is -2.10. The lowest BCUT2D eigenvalue weighted by molar-refractivity contribution is 0.0696. The molecule has 0 spiro atoms. The largest absolute Gasteiger partial charge is 0.478 e. The molecule has 1 rings (SSSR count). The second kappa shape index (κ2) is 5.35. The van der Waals surface area contributed by atoms with Crippen LogP contribution in [0.2, 0.25) is 0 Å². The Kier molecular flexibility index (Phi) is 4.29. The van der Waals surface area contributed by atoms with E-state index < -0.39 is 15.8 Å². The Hall–Kier alpha value is -1.62. The van der Waals surface area contributed by atoms with E-state index in [9.17, 15) is 13.2 Å². The maximum Gasteiger partial charge on any atom is 0.335 e. The first-order chi connectivity index (χ1) is 8.29. The summed E-state index contributed by atoms with van der Waals surface area (Å²) in [6.07, 6.45) is 1.87. The number of aryl methyl sites for hydroxylation is 1. The molecule has 0 fully saturated rings. The minimum absolute atomic E-state index is 0.00437. The minimum Gasteiger partial charge on any atom is -0.478 e. The fourth-order valence-corrected chi connectivity index (χ4v) is 3.25. The van der Waals surface area contributed by atoms with Gasteiger partial charge in [0.05, 0.1) is 16.2 Å². The summed E-state index contributed by atoms with van der Waals surface area (Å²) in [5, 5.41) is 8.96. The molecule has 0 amide bonds. The molecule has 1 N–H and O–H groups in total. The van der Waals surface area contributed by atoms with Crippen LogP contribution in [-0.4, -0.2) is 25.2 Å². The van der Waals surface area contributed by atoms with E-state index in [1.54, 1.807) is 13.8 Å². The molecule has 98 valence electrons. The van der Waals surface area contributed by atoms with Crippen molar-refractivity contribution in [1.29, 1.82) is 0 Å². The molecule has 5 heteroatoms. The van der Waals surface area contributed by atoms with Gasteiger partial charge in [-0.3, -0.25) is 0 Å². The van der Waals surface area contributed by atoms with Crippen LogP contribution in [0.25, 0.3) is 0 Å². The van der Waals surface area contributed by atoms with Gasteiger partial charge >= 0.3 is 5.97 Å². The highest BCUT2D eigenvalue weighted by molar-refractivity contribution is 7.91. The Morgan fingerprint density at radius 3 is 2.50 bits per heavy atom. The van der Waals surface area contributed by atoms with Crippen molar-refractivity contribution >= 4 is 15.8 Å². The quantitative estimate of drug-likeness (QED) is 0.832. The van der Waals surface area contributed by atoms with Crippen molar-refractivity contribution in [3.63, 3.8) is 0 Å². The normalized spacial score (nSPS) is 11.2. The van der Waals surface area contributed by atoms with E-state index in [2.05, 4.69) is 6.58 Å². The summed E-state index contributed by atoms with van der Waals surface area (Å²) in [4.78, 5) is 11.0. The van der Waals surface area contributed by atoms with E-state index in [0.29, 0.717) is 17.5 Å². The van der Waals surface area contributed by atoms with E-state index in [0.717, 1.165) is 0 Å². The van der Waals surface area contributed by atoms with Crippen LogP contribution in [-0.2, 0) is 9.84 Å². The summed E-state index contributed by atoms with van der Waals surface area (Å²) in [7, 11) is -3.47. The van der Waals surface area contributed by atoms with Gasteiger partial charge in [0.15, 0.2) is 9.84 Å². The summed E-state index contributed by atoms with van der Waals surface area (Å²) in [6.45, 7) is 6.87. The number of sulfone groups is 1. The summed E-state index contributed by atoms with van der Waals surface area (Å²) >= 11 is 0. The van der Waals surface area contributed by atoms with Crippen molar-refractivity contribution in [3.8, 4) is 0 Å². The molecule has 0 aromatic heterocycles. The monoisotopic (exact) mass is 268 g/mol. The van der Waals surface area contributed by atoms with Crippen molar-refractivity contribution < 1.29 is 18.3 Å². The Morgan fingerprint density at radius 2 is 2.00 bits per heavy atom. The molecule has 0 radical (unpaired) electrons. The van der Waals surface area contributed by atoms with Crippen molar-refractivity contribution in [2.45, 2.75) is 25.2 Å². The van der Waals surface area contributed by atoms with Gasteiger partial charge in [-0.25, -0.2) is 13.2 Å². The Balaban J connectivity index is 3.39. The van der Waals surface area contributed by atoms with Crippen LogP contribution in [0.5, 0.6) is 0 Å². The Bertz CT molecular complexity index is 585. The van der Waals surface area contributed by atoms with Crippen LogP contribution >= 0.6 is 0 Å². The number of carboxylic acid groups (broad SMARTS) is 1. The summed E-state index contributed by atoms with van der Waals surface area (Å²) < 4.78 is 24.2. The van der Waals surface area contributed by atoms with Gasteiger partial charge in [0, 0.05) is 0 Å². The number of hydrogen-bond acceptors (Lipinski definition) is 3. The summed E-state index contributed by atoms with van der Waals surface area (Å²) in [5.74, 6) is -1.18. The number of carboxylic acids is 1. The second-order valence-electron chi connectivity index (χ2n) is 4.12. The van der Waals surface area contributed by atoms with Crippen molar-refractivity contribution in [3.05, 3.63) is 41.5 Å². The van der Waals surface area contributed by atoms with Crippen LogP contribution in [0.3, 0.4) is 0 Å². The molecule has 0 aliphatic carbocycles. The molecule has 0 aliphatic rings.